The maximum absolute atomic E-state index is 15.4. The van der Waals surface area contributed by atoms with Crippen molar-refractivity contribution in [2.75, 3.05) is 18.0 Å². The average Bonchev–Trinajstić information content (AvgIpc) is 3.30. The first kappa shape index (κ1) is 21.5. The number of rotatable bonds is 5. The van der Waals surface area contributed by atoms with E-state index in [4.69, 9.17) is 4.74 Å². The highest BCUT2D eigenvalue weighted by molar-refractivity contribution is 5.94. The molecular formula is C26H23FN4O3. The van der Waals surface area contributed by atoms with Crippen LogP contribution in [-0.2, 0) is 9.53 Å². The number of amides is 2. The minimum absolute atomic E-state index is 0.204. The molecule has 8 heteroatoms. The molecule has 7 nitrogen and oxygen atoms in total. The summed E-state index contributed by atoms with van der Waals surface area (Å²) in [5.74, 6) is -0.671. The van der Waals surface area contributed by atoms with Gasteiger partial charge in [0.1, 0.15) is 11.9 Å². The van der Waals surface area contributed by atoms with Crippen molar-refractivity contribution in [3.63, 3.8) is 0 Å². The Bertz CT molecular complexity index is 1370. The van der Waals surface area contributed by atoms with Gasteiger partial charge in [-0.15, -0.1) is 0 Å². The Hall–Kier alpha value is -4.33. The zero-order chi connectivity index (χ0) is 23.7. The van der Waals surface area contributed by atoms with Crippen LogP contribution >= 0.6 is 0 Å². The Labute approximate surface area is 195 Å². The van der Waals surface area contributed by atoms with Gasteiger partial charge in [-0.3, -0.25) is 9.69 Å². The number of cyclic esters (lactones) is 1. The van der Waals surface area contributed by atoms with Crippen molar-refractivity contribution < 1.29 is 18.7 Å². The zero-order valence-corrected chi connectivity index (χ0v) is 18.5. The van der Waals surface area contributed by atoms with Gasteiger partial charge in [-0.05, 0) is 36.4 Å². The van der Waals surface area contributed by atoms with Gasteiger partial charge in [0.05, 0.1) is 30.0 Å². The van der Waals surface area contributed by atoms with Crippen LogP contribution in [0.25, 0.3) is 22.3 Å². The van der Waals surface area contributed by atoms with Gasteiger partial charge in [0, 0.05) is 36.0 Å². The van der Waals surface area contributed by atoms with E-state index in [0.717, 1.165) is 22.2 Å². The van der Waals surface area contributed by atoms with E-state index in [-0.39, 0.29) is 19.0 Å². The first-order valence-electron chi connectivity index (χ1n) is 10.9. The van der Waals surface area contributed by atoms with Gasteiger partial charge in [0.2, 0.25) is 5.91 Å². The third kappa shape index (κ3) is 4.05. The fourth-order valence-electron chi connectivity index (χ4n) is 4.19. The number of nitrogens with one attached hydrogen (secondary N) is 2. The molecule has 1 saturated heterocycles. The quantitative estimate of drug-likeness (QED) is 0.600. The number of benzene rings is 2. The van der Waals surface area contributed by atoms with Crippen LogP contribution in [0.15, 0.2) is 79.2 Å². The van der Waals surface area contributed by atoms with Crippen molar-refractivity contribution in [1.29, 1.82) is 0 Å². The molecule has 2 N–H and O–H groups in total. The van der Waals surface area contributed by atoms with Gasteiger partial charge in [-0.2, -0.15) is 0 Å². The average molecular weight is 458 g/mol. The number of ether oxygens (including phenoxy) is 1. The SMILES string of the molecule is CC(=O)NC[C@H]1CN(c2ccc(-n3ccc4cccc(C5=CC=CC=CN5)c43)c(F)c2)C(=O)O1. The molecule has 0 spiro atoms. The maximum Gasteiger partial charge on any atom is 0.414 e. The molecule has 1 fully saturated rings. The van der Waals surface area contributed by atoms with Crippen LogP contribution in [0.3, 0.4) is 0 Å². The second-order valence-electron chi connectivity index (χ2n) is 8.09. The van der Waals surface area contributed by atoms with E-state index in [2.05, 4.69) is 10.6 Å². The molecular weight excluding hydrogens is 435 g/mol. The molecule has 1 atom stereocenters. The summed E-state index contributed by atoms with van der Waals surface area (Å²) >= 11 is 0. The Balaban J connectivity index is 1.48. The Morgan fingerprint density at radius 3 is 2.91 bits per heavy atom. The highest BCUT2D eigenvalue weighted by atomic mass is 19.1. The molecule has 2 aliphatic heterocycles. The summed E-state index contributed by atoms with van der Waals surface area (Å²) in [6.07, 6.45) is 10.4. The number of aromatic nitrogens is 1. The highest BCUT2D eigenvalue weighted by Crippen LogP contribution is 2.31. The number of para-hydroxylation sites is 1. The van der Waals surface area contributed by atoms with E-state index >= 15 is 4.39 Å². The van der Waals surface area contributed by atoms with Crippen molar-refractivity contribution in [2.24, 2.45) is 0 Å². The number of nitrogens with zero attached hydrogens (tertiary/aromatic N) is 2. The van der Waals surface area contributed by atoms with Crippen molar-refractivity contribution in [2.45, 2.75) is 13.0 Å². The topological polar surface area (TPSA) is 75.6 Å². The predicted molar refractivity (Wildman–Crippen MR) is 129 cm³/mol. The lowest BCUT2D eigenvalue weighted by molar-refractivity contribution is -0.119. The van der Waals surface area contributed by atoms with Crippen LogP contribution in [0.2, 0.25) is 0 Å². The lowest BCUT2D eigenvalue weighted by atomic mass is 10.1. The number of fused-ring (bicyclic) bond motifs is 1. The summed E-state index contributed by atoms with van der Waals surface area (Å²) in [4.78, 5) is 24.8. The third-order valence-corrected chi connectivity index (χ3v) is 5.78. The normalized spacial score (nSPS) is 17.4. The largest absolute Gasteiger partial charge is 0.442 e. The maximum atomic E-state index is 15.4. The first-order valence-corrected chi connectivity index (χ1v) is 10.9. The van der Waals surface area contributed by atoms with E-state index in [9.17, 15) is 9.59 Å². The molecule has 2 aromatic carbocycles. The predicted octanol–water partition coefficient (Wildman–Crippen LogP) is 4.24. The molecule has 2 aliphatic rings. The van der Waals surface area contributed by atoms with E-state index in [1.165, 1.54) is 17.9 Å². The van der Waals surface area contributed by atoms with Crippen LogP contribution in [0, 0.1) is 5.82 Å². The molecule has 5 rings (SSSR count). The Kier molecular flexibility index (Phi) is 5.63. The molecule has 2 amide bonds. The summed E-state index contributed by atoms with van der Waals surface area (Å²) in [6, 6.07) is 12.6. The van der Waals surface area contributed by atoms with Gasteiger partial charge in [0.15, 0.2) is 0 Å². The molecule has 0 aliphatic carbocycles. The zero-order valence-electron chi connectivity index (χ0n) is 18.5. The fourth-order valence-corrected chi connectivity index (χ4v) is 4.19. The molecule has 3 heterocycles. The highest BCUT2D eigenvalue weighted by Gasteiger charge is 2.32. The number of anilines is 1. The summed E-state index contributed by atoms with van der Waals surface area (Å²) in [6.45, 7) is 1.84. The van der Waals surface area contributed by atoms with Crippen LogP contribution in [0.5, 0.6) is 0 Å². The minimum Gasteiger partial charge on any atom is -0.442 e. The summed E-state index contributed by atoms with van der Waals surface area (Å²) in [5.41, 5.74) is 3.47. The van der Waals surface area contributed by atoms with Gasteiger partial charge in [-0.25, -0.2) is 9.18 Å². The minimum atomic E-state index is -0.566. The first-order chi connectivity index (χ1) is 16.5. The van der Waals surface area contributed by atoms with E-state index < -0.39 is 18.0 Å². The Morgan fingerprint density at radius 2 is 2.09 bits per heavy atom. The number of halogens is 1. The number of allylic oxidation sites excluding steroid dienone is 4. The molecule has 34 heavy (non-hydrogen) atoms. The summed E-state index contributed by atoms with van der Waals surface area (Å²) in [7, 11) is 0. The van der Waals surface area contributed by atoms with Crippen molar-refractivity contribution in [3.05, 3.63) is 90.5 Å². The lowest BCUT2D eigenvalue weighted by Gasteiger charge is -2.16. The number of hydrogen-bond acceptors (Lipinski definition) is 4. The van der Waals surface area contributed by atoms with Gasteiger partial charge < -0.3 is 19.9 Å². The second-order valence-corrected chi connectivity index (χ2v) is 8.09. The molecule has 0 saturated carbocycles. The standard InChI is InChI=1S/C26H23FN4O3/c1-17(32)29-15-20-16-31(26(33)34-20)19-9-10-24(22(27)14-19)30-13-11-18-6-5-7-21(25(18)30)23-8-3-2-4-12-28-23/h2-14,20,28H,15-16H2,1H3,(H,29,32)/t20-/m0/s1. The smallest absolute Gasteiger partial charge is 0.414 e. The Morgan fingerprint density at radius 1 is 1.21 bits per heavy atom. The summed E-state index contributed by atoms with van der Waals surface area (Å²) in [5, 5.41) is 6.88. The van der Waals surface area contributed by atoms with Crippen LogP contribution in [0.4, 0.5) is 14.9 Å². The van der Waals surface area contributed by atoms with Gasteiger partial charge in [0.25, 0.3) is 0 Å². The fraction of sp³-hybridized carbons (Fsp3) is 0.154. The van der Waals surface area contributed by atoms with Crippen molar-refractivity contribution in [1.82, 2.24) is 15.2 Å². The van der Waals surface area contributed by atoms with Gasteiger partial charge >= 0.3 is 6.09 Å². The molecule has 0 unspecified atom stereocenters. The molecule has 172 valence electrons. The third-order valence-electron chi connectivity index (χ3n) is 5.78. The molecule has 3 aromatic rings. The molecule has 1 aromatic heterocycles. The van der Waals surface area contributed by atoms with E-state index in [1.54, 1.807) is 12.1 Å². The number of carbonyl (C=O) groups is 2. The van der Waals surface area contributed by atoms with E-state index in [1.807, 2.05) is 65.5 Å². The van der Waals surface area contributed by atoms with Gasteiger partial charge in [-0.1, -0.05) is 30.4 Å². The van der Waals surface area contributed by atoms with Crippen molar-refractivity contribution >= 4 is 34.3 Å². The van der Waals surface area contributed by atoms with E-state index in [0.29, 0.717) is 11.4 Å². The number of carbonyl (C=O) groups excluding carboxylic acids is 2. The lowest BCUT2D eigenvalue weighted by Crippen LogP contribution is -2.33. The van der Waals surface area contributed by atoms with Crippen molar-refractivity contribution in [3.8, 4) is 5.69 Å². The van der Waals surface area contributed by atoms with Crippen LogP contribution < -0.4 is 15.5 Å². The molecule has 0 bridgehead atoms. The van der Waals surface area contributed by atoms with Crippen LogP contribution in [0.1, 0.15) is 12.5 Å². The molecule has 0 radical (unpaired) electrons. The summed E-state index contributed by atoms with van der Waals surface area (Å²) < 4.78 is 22.5. The van der Waals surface area contributed by atoms with Crippen LogP contribution in [-0.4, -0.2) is 35.8 Å². The second kappa shape index (κ2) is 8.90. The monoisotopic (exact) mass is 458 g/mol. The number of hydrogen-bond donors (Lipinski definition) is 2.